The van der Waals surface area contributed by atoms with Crippen molar-refractivity contribution in [2.75, 3.05) is 0 Å². The Kier molecular flexibility index (Phi) is 5.70. The summed E-state index contributed by atoms with van der Waals surface area (Å²) in [7, 11) is 0. The monoisotopic (exact) mass is 470 g/mol. The molecule has 4 rings (SSSR count). The molecule has 2 N–H and O–H groups in total. The second kappa shape index (κ2) is 8.50. The number of rotatable bonds is 5. The number of alkyl halides is 3. The van der Waals surface area contributed by atoms with Gasteiger partial charge in [0.15, 0.2) is 5.54 Å². The average Bonchev–Trinajstić information content (AvgIpc) is 3.06. The molecule has 0 aliphatic carbocycles. The summed E-state index contributed by atoms with van der Waals surface area (Å²) in [6.07, 6.45) is -4.23. The summed E-state index contributed by atoms with van der Waals surface area (Å²) in [6, 6.07) is 17.1. The molecule has 11 heteroatoms. The number of nitrogens with zero attached hydrogens (tertiary/aromatic N) is 2. The molecular formula is C23H17F3N4O4. The van der Waals surface area contributed by atoms with Crippen molar-refractivity contribution in [2.24, 2.45) is 0 Å². The lowest BCUT2D eigenvalue weighted by Crippen LogP contribution is -2.50. The topological polar surface area (TPSA) is 101 Å². The second-order valence-corrected chi connectivity index (χ2v) is 7.47. The number of hydrogen-bond donors (Lipinski definition) is 2. The quantitative estimate of drug-likeness (QED) is 0.560. The van der Waals surface area contributed by atoms with E-state index in [1.807, 2.05) is 0 Å². The Balaban J connectivity index is 1.63. The molecule has 1 saturated heterocycles. The van der Waals surface area contributed by atoms with Gasteiger partial charge >= 0.3 is 12.2 Å². The number of imide groups is 1. The number of hydrazine groups is 1. The number of nitrogens with one attached hydrogen (secondary N) is 2. The van der Waals surface area contributed by atoms with Crippen LogP contribution in [0.15, 0.2) is 83.8 Å². The fourth-order valence-electron chi connectivity index (χ4n) is 3.70. The van der Waals surface area contributed by atoms with Gasteiger partial charge in [0, 0.05) is 12.3 Å². The van der Waals surface area contributed by atoms with Gasteiger partial charge in [0.25, 0.3) is 17.4 Å². The molecule has 174 valence electrons. The van der Waals surface area contributed by atoms with Crippen LogP contribution in [0, 0.1) is 0 Å². The van der Waals surface area contributed by atoms with Crippen molar-refractivity contribution in [1.82, 2.24) is 20.3 Å². The average molecular weight is 470 g/mol. The van der Waals surface area contributed by atoms with Gasteiger partial charge in [0.05, 0.1) is 5.56 Å². The molecule has 0 saturated carbocycles. The highest BCUT2D eigenvalue weighted by Gasteiger charge is 2.54. The van der Waals surface area contributed by atoms with E-state index in [1.165, 1.54) is 0 Å². The molecule has 0 atom stereocenters. The summed E-state index contributed by atoms with van der Waals surface area (Å²) in [5, 5.41) is 3.07. The minimum atomic E-state index is -4.72. The van der Waals surface area contributed by atoms with Crippen LogP contribution in [0.5, 0.6) is 0 Å². The fraction of sp³-hybridized carbons (Fsp3) is 0.130. The molecule has 0 unspecified atom stereocenters. The third-order valence-corrected chi connectivity index (χ3v) is 5.30. The Hall–Kier alpha value is -4.41. The second-order valence-electron chi connectivity index (χ2n) is 7.47. The molecule has 0 bridgehead atoms. The maximum absolute atomic E-state index is 13.5. The number of urea groups is 1. The molecule has 2 aromatic carbocycles. The number of amides is 4. The van der Waals surface area contributed by atoms with E-state index in [0.29, 0.717) is 39.0 Å². The van der Waals surface area contributed by atoms with Crippen molar-refractivity contribution < 1.29 is 27.6 Å². The normalized spacial score (nSPS) is 15.2. The predicted octanol–water partition coefficient (Wildman–Crippen LogP) is 2.39. The van der Waals surface area contributed by atoms with Gasteiger partial charge in [0.1, 0.15) is 6.54 Å². The van der Waals surface area contributed by atoms with Crippen LogP contribution in [0.3, 0.4) is 0 Å². The van der Waals surface area contributed by atoms with E-state index in [-0.39, 0.29) is 0 Å². The lowest BCUT2D eigenvalue weighted by molar-refractivity contribution is -0.139. The van der Waals surface area contributed by atoms with E-state index < -0.39 is 47.2 Å². The first-order valence-corrected chi connectivity index (χ1v) is 9.98. The highest BCUT2D eigenvalue weighted by molar-refractivity contribution is 6.10. The first kappa shape index (κ1) is 22.8. The standard InChI is InChI=1S/C23H17F3N4O4/c24-23(25,26)17-11-12-19(32)29(13-17)14-18(31)28-30-20(33)22(27-21(30)34,15-7-3-1-4-8-15)16-9-5-2-6-10-16/h1-13H,14H2,(H,27,34)(H,28,31). The summed E-state index contributed by atoms with van der Waals surface area (Å²) in [6.45, 7) is -0.844. The molecule has 34 heavy (non-hydrogen) atoms. The number of halogens is 3. The number of carbonyl (C=O) groups is 3. The van der Waals surface area contributed by atoms with Crippen molar-refractivity contribution in [1.29, 1.82) is 0 Å². The zero-order valence-electron chi connectivity index (χ0n) is 17.4. The van der Waals surface area contributed by atoms with Crippen LogP contribution in [0.1, 0.15) is 16.7 Å². The Bertz CT molecular complexity index is 1270. The van der Waals surface area contributed by atoms with Crippen LogP contribution in [0.25, 0.3) is 0 Å². The molecule has 4 amide bonds. The van der Waals surface area contributed by atoms with E-state index in [0.717, 1.165) is 0 Å². The molecule has 2 heterocycles. The summed E-state index contributed by atoms with van der Waals surface area (Å²) in [4.78, 5) is 50.7. The van der Waals surface area contributed by atoms with Crippen LogP contribution in [0.4, 0.5) is 18.0 Å². The van der Waals surface area contributed by atoms with Gasteiger partial charge in [0.2, 0.25) is 0 Å². The predicted molar refractivity (Wildman–Crippen MR) is 113 cm³/mol. The Morgan fingerprint density at radius 2 is 1.44 bits per heavy atom. The van der Waals surface area contributed by atoms with Crippen molar-refractivity contribution >= 4 is 17.8 Å². The lowest BCUT2D eigenvalue weighted by atomic mass is 9.83. The highest BCUT2D eigenvalue weighted by Crippen LogP contribution is 2.35. The Labute approximate surface area is 190 Å². The van der Waals surface area contributed by atoms with Gasteiger partial charge < -0.3 is 9.88 Å². The zero-order valence-corrected chi connectivity index (χ0v) is 17.4. The Morgan fingerprint density at radius 3 is 1.97 bits per heavy atom. The van der Waals surface area contributed by atoms with E-state index >= 15 is 0 Å². The zero-order chi connectivity index (χ0) is 24.5. The SMILES string of the molecule is O=C(Cn1cc(C(F)(F)F)ccc1=O)NN1C(=O)NC(c2ccccc2)(c2ccccc2)C1=O. The molecule has 1 fully saturated rings. The summed E-state index contributed by atoms with van der Waals surface area (Å²) < 4.78 is 39.4. The van der Waals surface area contributed by atoms with Crippen molar-refractivity contribution in [2.45, 2.75) is 18.3 Å². The third-order valence-electron chi connectivity index (χ3n) is 5.30. The van der Waals surface area contributed by atoms with Gasteiger partial charge in [-0.2, -0.15) is 18.2 Å². The van der Waals surface area contributed by atoms with Crippen LogP contribution in [-0.4, -0.2) is 27.4 Å². The van der Waals surface area contributed by atoms with Crippen molar-refractivity contribution in [3.63, 3.8) is 0 Å². The van der Waals surface area contributed by atoms with Gasteiger partial charge in [-0.15, -0.1) is 0 Å². The number of benzene rings is 2. The number of aromatic nitrogens is 1. The summed E-state index contributed by atoms with van der Waals surface area (Å²) in [5.74, 6) is -1.86. The molecule has 1 aliphatic heterocycles. The minimum absolute atomic E-state index is 0.436. The smallest absolute Gasteiger partial charge is 0.314 e. The first-order chi connectivity index (χ1) is 16.1. The van der Waals surface area contributed by atoms with Gasteiger partial charge in [-0.1, -0.05) is 60.7 Å². The number of pyridine rings is 1. The van der Waals surface area contributed by atoms with E-state index in [9.17, 15) is 32.3 Å². The van der Waals surface area contributed by atoms with E-state index in [4.69, 9.17) is 0 Å². The largest absolute Gasteiger partial charge is 0.417 e. The van der Waals surface area contributed by atoms with Gasteiger partial charge in [-0.05, 0) is 17.2 Å². The molecule has 1 aromatic heterocycles. The number of carbonyl (C=O) groups excluding carboxylic acids is 3. The molecule has 3 aromatic rings. The van der Waals surface area contributed by atoms with Crippen molar-refractivity contribution in [3.05, 3.63) is 106 Å². The van der Waals surface area contributed by atoms with Gasteiger partial charge in [-0.3, -0.25) is 19.8 Å². The van der Waals surface area contributed by atoms with Crippen LogP contribution >= 0.6 is 0 Å². The van der Waals surface area contributed by atoms with E-state index in [1.54, 1.807) is 60.7 Å². The maximum Gasteiger partial charge on any atom is 0.417 e. The molecular weight excluding hydrogens is 453 g/mol. The fourth-order valence-corrected chi connectivity index (χ4v) is 3.70. The van der Waals surface area contributed by atoms with Crippen molar-refractivity contribution in [3.8, 4) is 0 Å². The maximum atomic E-state index is 13.5. The first-order valence-electron chi connectivity index (χ1n) is 9.98. The van der Waals surface area contributed by atoms with Gasteiger partial charge in [-0.25, -0.2) is 4.79 Å². The third kappa shape index (κ3) is 4.03. The number of hydrogen-bond acceptors (Lipinski definition) is 4. The highest BCUT2D eigenvalue weighted by atomic mass is 19.4. The van der Waals surface area contributed by atoms with Crippen LogP contribution < -0.4 is 16.3 Å². The minimum Gasteiger partial charge on any atom is -0.314 e. The van der Waals surface area contributed by atoms with Crippen LogP contribution in [-0.2, 0) is 27.8 Å². The Morgan fingerprint density at radius 1 is 0.882 bits per heavy atom. The van der Waals surface area contributed by atoms with Crippen LogP contribution in [0.2, 0.25) is 0 Å². The summed E-state index contributed by atoms with van der Waals surface area (Å²) >= 11 is 0. The molecule has 0 spiro atoms. The lowest BCUT2D eigenvalue weighted by Gasteiger charge is -2.27. The molecule has 0 radical (unpaired) electrons. The van der Waals surface area contributed by atoms with E-state index in [2.05, 4.69) is 10.7 Å². The molecule has 8 nitrogen and oxygen atoms in total. The summed E-state index contributed by atoms with van der Waals surface area (Å²) in [5.41, 5.74) is -0.651. The molecule has 1 aliphatic rings.